The average molecular weight is 210 g/mol. The molecular formula is C6H7N2NaO3S. The van der Waals surface area contributed by atoms with Crippen LogP contribution >= 0.6 is 0 Å². The van der Waals surface area contributed by atoms with Gasteiger partial charge >= 0.3 is 29.6 Å². The fourth-order valence-corrected chi connectivity index (χ4v) is 1.40. The molecule has 0 saturated heterocycles. The molecule has 0 spiro atoms. The van der Waals surface area contributed by atoms with Crippen LogP contribution in [0, 0.1) is 0 Å². The Kier molecular flexibility index (Phi) is 4.21. The molecule has 0 atom stereocenters. The van der Waals surface area contributed by atoms with E-state index in [-0.39, 0.29) is 40.9 Å². The van der Waals surface area contributed by atoms with E-state index in [0.717, 1.165) is 6.07 Å². The zero-order valence-corrected chi connectivity index (χ0v) is 9.84. The van der Waals surface area contributed by atoms with E-state index in [2.05, 4.69) is 0 Å². The first kappa shape index (κ1) is 12.7. The summed E-state index contributed by atoms with van der Waals surface area (Å²) >= 11 is 0. The van der Waals surface area contributed by atoms with Crippen LogP contribution in [0.3, 0.4) is 0 Å². The maximum absolute atomic E-state index is 10.5. The molecule has 0 heterocycles. The molecule has 0 bridgehead atoms. The number of nitrogen functional groups attached to an aromatic ring is 2. The van der Waals surface area contributed by atoms with Crippen molar-refractivity contribution < 1.29 is 42.5 Å². The SMILES string of the molecule is Nc1ccc(N)c(S(=O)(=O)[O-])c1.[Na+]. The van der Waals surface area contributed by atoms with E-state index in [1.807, 2.05) is 0 Å². The van der Waals surface area contributed by atoms with Crippen LogP contribution in [-0.4, -0.2) is 13.0 Å². The maximum atomic E-state index is 10.5. The number of benzene rings is 1. The van der Waals surface area contributed by atoms with Crippen molar-refractivity contribution in [3.05, 3.63) is 18.2 Å². The van der Waals surface area contributed by atoms with Crippen molar-refractivity contribution in [3.8, 4) is 0 Å². The number of hydrogen-bond acceptors (Lipinski definition) is 5. The summed E-state index contributed by atoms with van der Waals surface area (Å²) in [5.41, 5.74) is 10.6. The molecule has 66 valence electrons. The molecule has 1 aromatic carbocycles. The molecule has 1 aromatic rings. The molecule has 0 amide bonds. The van der Waals surface area contributed by atoms with E-state index in [0.29, 0.717) is 0 Å². The number of hydrogen-bond donors (Lipinski definition) is 2. The summed E-state index contributed by atoms with van der Waals surface area (Å²) < 4.78 is 31.5. The van der Waals surface area contributed by atoms with Crippen LogP contribution in [0.4, 0.5) is 11.4 Å². The first-order valence-electron chi connectivity index (χ1n) is 3.02. The molecule has 0 aliphatic rings. The van der Waals surface area contributed by atoms with Crippen LogP contribution in [0.25, 0.3) is 0 Å². The molecule has 13 heavy (non-hydrogen) atoms. The van der Waals surface area contributed by atoms with E-state index < -0.39 is 15.0 Å². The predicted molar refractivity (Wildman–Crippen MR) is 43.2 cm³/mol. The van der Waals surface area contributed by atoms with E-state index >= 15 is 0 Å². The maximum Gasteiger partial charge on any atom is 1.00 e. The van der Waals surface area contributed by atoms with Gasteiger partial charge in [-0.25, -0.2) is 8.42 Å². The zero-order chi connectivity index (χ0) is 9.35. The van der Waals surface area contributed by atoms with Crippen LogP contribution in [0.2, 0.25) is 0 Å². The standard InChI is InChI=1S/C6H8N2O3S.Na/c7-4-1-2-5(8)6(3-4)12(9,10)11;/h1-3H,7-8H2,(H,9,10,11);/q;+1/p-1. The average Bonchev–Trinajstić information content (AvgIpc) is 1.92. The molecule has 1 rings (SSSR count). The molecule has 0 radical (unpaired) electrons. The van der Waals surface area contributed by atoms with Gasteiger partial charge in [-0.2, -0.15) is 0 Å². The Morgan fingerprint density at radius 3 is 2.15 bits per heavy atom. The first-order valence-corrected chi connectivity index (χ1v) is 4.43. The molecule has 4 N–H and O–H groups in total. The molecule has 0 unspecified atom stereocenters. The van der Waals surface area contributed by atoms with Gasteiger partial charge in [-0.05, 0) is 18.2 Å². The molecule has 0 aromatic heterocycles. The minimum Gasteiger partial charge on any atom is -0.744 e. The van der Waals surface area contributed by atoms with Crippen molar-refractivity contribution in [3.63, 3.8) is 0 Å². The van der Waals surface area contributed by atoms with Gasteiger partial charge < -0.3 is 16.0 Å². The number of nitrogens with two attached hydrogens (primary N) is 2. The van der Waals surface area contributed by atoms with Crippen LogP contribution < -0.4 is 41.0 Å². The third-order valence-corrected chi connectivity index (χ3v) is 2.20. The fourth-order valence-electron chi connectivity index (χ4n) is 0.767. The van der Waals surface area contributed by atoms with Gasteiger partial charge in [0.05, 0.1) is 4.90 Å². The van der Waals surface area contributed by atoms with E-state index in [1.54, 1.807) is 0 Å². The van der Waals surface area contributed by atoms with E-state index in [9.17, 15) is 13.0 Å². The normalized spacial score (nSPS) is 10.5. The van der Waals surface area contributed by atoms with Crippen molar-refractivity contribution in [1.82, 2.24) is 0 Å². The third-order valence-electron chi connectivity index (χ3n) is 1.31. The summed E-state index contributed by atoms with van der Waals surface area (Å²) in [7, 11) is -4.51. The van der Waals surface area contributed by atoms with Crippen LogP contribution in [0.1, 0.15) is 0 Å². The van der Waals surface area contributed by atoms with Crippen LogP contribution in [0.15, 0.2) is 23.1 Å². The number of anilines is 2. The number of rotatable bonds is 1. The Balaban J connectivity index is 0.00000144. The van der Waals surface area contributed by atoms with E-state index in [4.69, 9.17) is 11.5 Å². The Morgan fingerprint density at radius 2 is 1.77 bits per heavy atom. The Labute approximate surface area is 98.2 Å². The second-order valence-electron chi connectivity index (χ2n) is 2.25. The Morgan fingerprint density at radius 1 is 1.23 bits per heavy atom. The van der Waals surface area contributed by atoms with Gasteiger partial charge in [-0.1, -0.05) is 0 Å². The minimum absolute atomic E-state index is 0. The van der Waals surface area contributed by atoms with Crippen molar-refractivity contribution >= 4 is 21.5 Å². The molecule has 0 saturated carbocycles. The summed E-state index contributed by atoms with van der Waals surface area (Å²) in [5, 5.41) is 0. The van der Waals surface area contributed by atoms with Crippen molar-refractivity contribution in [2.24, 2.45) is 0 Å². The van der Waals surface area contributed by atoms with Crippen LogP contribution in [-0.2, 0) is 10.1 Å². The van der Waals surface area contributed by atoms with Gasteiger partial charge in [-0.3, -0.25) is 0 Å². The molecule has 7 heteroatoms. The van der Waals surface area contributed by atoms with Gasteiger partial charge in [0.2, 0.25) is 0 Å². The third kappa shape index (κ3) is 3.17. The minimum atomic E-state index is -4.51. The smallest absolute Gasteiger partial charge is 0.744 e. The molecule has 5 nitrogen and oxygen atoms in total. The molecule has 0 fully saturated rings. The van der Waals surface area contributed by atoms with Gasteiger partial charge in [0.1, 0.15) is 10.1 Å². The van der Waals surface area contributed by atoms with Gasteiger partial charge in [0, 0.05) is 11.4 Å². The van der Waals surface area contributed by atoms with E-state index in [1.165, 1.54) is 12.1 Å². The predicted octanol–water partition coefficient (Wildman–Crippen LogP) is -3.24. The zero-order valence-electron chi connectivity index (χ0n) is 7.02. The summed E-state index contributed by atoms with van der Waals surface area (Å²) in [6.07, 6.45) is 0. The monoisotopic (exact) mass is 210 g/mol. The van der Waals surface area contributed by atoms with Crippen molar-refractivity contribution in [1.29, 1.82) is 0 Å². The summed E-state index contributed by atoms with van der Waals surface area (Å²) in [4.78, 5) is -0.470. The quantitative estimate of drug-likeness (QED) is 0.287. The summed E-state index contributed by atoms with van der Waals surface area (Å²) in [6, 6.07) is 3.74. The summed E-state index contributed by atoms with van der Waals surface area (Å²) in [6.45, 7) is 0. The largest absolute Gasteiger partial charge is 1.00 e. The van der Waals surface area contributed by atoms with Crippen molar-refractivity contribution in [2.45, 2.75) is 4.90 Å². The van der Waals surface area contributed by atoms with Crippen molar-refractivity contribution in [2.75, 3.05) is 11.5 Å². The summed E-state index contributed by atoms with van der Waals surface area (Å²) in [5.74, 6) is 0. The first-order chi connectivity index (χ1) is 5.41. The van der Waals surface area contributed by atoms with Crippen LogP contribution in [0.5, 0.6) is 0 Å². The second kappa shape index (κ2) is 4.30. The molecule has 0 aliphatic heterocycles. The Hall–Kier alpha value is -0.270. The molecular weight excluding hydrogens is 203 g/mol. The van der Waals surface area contributed by atoms with Gasteiger partial charge in [0.25, 0.3) is 0 Å². The second-order valence-corrected chi connectivity index (χ2v) is 3.60. The molecule has 0 aliphatic carbocycles. The fraction of sp³-hybridized carbons (Fsp3) is 0. The van der Waals surface area contributed by atoms with Gasteiger partial charge in [0.15, 0.2) is 0 Å². The Bertz CT molecular complexity index is 404. The van der Waals surface area contributed by atoms with Gasteiger partial charge in [-0.15, -0.1) is 0 Å². The topological polar surface area (TPSA) is 109 Å².